The fraction of sp³-hybridized carbons (Fsp3) is 0.150. The first kappa shape index (κ1) is 16.4. The molecule has 122 valence electrons. The molecule has 0 spiro atoms. The number of aryl methyl sites for hydroxylation is 1. The van der Waals surface area contributed by atoms with Crippen molar-refractivity contribution < 1.29 is 4.39 Å². The summed E-state index contributed by atoms with van der Waals surface area (Å²) in [5.74, 6) is -0.255. The molecule has 0 fully saturated rings. The van der Waals surface area contributed by atoms with Crippen molar-refractivity contribution in [2.24, 2.45) is 0 Å². The number of nitrogens with zero attached hydrogens (tertiary/aromatic N) is 4. The molecule has 0 saturated heterocycles. The highest BCUT2D eigenvalue weighted by Crippen LogP contribution is 2.22. The van der Waals surface area contributed by atoms with E-state index in [1.54, 1.807) is 35.0 Å². The van der Waals surface area contributed by atoms with Crippen LogP contribution < -0.4 is 0 Å². The first-order chi connectivity index (χ1) is 12.0. The molecule has 3 rings (SSSR count). The van der Waals surface area contributed by atoms with E-state index in [0.717, 1.165) is 28.2 Å². The third kappa shape index (κ3) is 3.13. The number of rotatable bonds is 3. The first-order valence-corrected chi connectivity index (χ1v) is 7.77. The summed E-state index contributed by atoms with van der Waals surface area (Å²) in [4.78, 5) is 0. The molecular formula is C20H15FN4. The van der Waals surface area contributed by atoms with Crippen LogP contribution in [0, 0.1) is 42.3 Å². The Bertz CT molecular complexity index is 1020. The minimum atomic E-state index is -0.255. The lowest BCUT2D eigenvalue weighted by molar-refractivity contribution is 0.627. The van der Waals surface area contributed by atoms with Gasteiger partial charge in [0.1, 0.15) is 18.0 Å². The van der Waals surface area contributed by atoms with Crippen LogP contribution in [0.15, 0.2) is 42.5 Å². The molecule has 0 radical (unpaired) electrons. The molecule has 0 unspecified atom stereocenters. The average Bonchev–Trinajstić information content (AvgIpc) is 2.91. The van der Waals surface area contributed by atoms with E-state index in [1.807, 2.05) is 26.0 Å². The highest BCUT2D eigenvalue weighted by atomic mass is 19.1. The van der Waals surface area contributed by atoms with Crippen molar-refractivity contribution in [1.29, 1.82) is 10.5 Å². The van der Waals surface area contributed by atoms with Crippen molar-refractivity contribution in [3.8, 4) is 17.8 Å². The molecule has 0 atom stereocenters. The fourth-order valence-corrected chi connectivity index (χ4v) is 2.84. The third-order valence-electron chi connectivity index (χ3n) is 4.22. The quantitative estimate of drug-likeness (QED) is 0.730. The van der Waals surface area contributed by atoms with E-state index in [9.17, 15) is 9.65 Å². The molecule has 0 amide bonds. The van der Waals surface area contributed by atoms with E-state index in [2.05, 4.69) is 5.10 Å². The Morgan fingerprint density at radius 1 is 1.00 bits per heavy atom. The van der Waals surface area contributed by atoms with Crippen molar-refractivity contribution in [2.75, 3.05) is 0 Å². The van der Waals surface area contributed by atoms with Gasteiger partial charge in [0.05, 0.1) is 22.5 Å². The monoisotopic (exact) mass is 330 g/mol. The van der Waals surface area contributed by atoms with Gasteiger partial charge < -0.3 is 0 Å². The highest BCUT2D eigenvalue weighted by molar-refractivity contribution is 5.52. The number of hydrogen-bond acceptors (Lipinski definition) is 3. The molecule has 1 aromatic heterocycles. The van der Waals surface area contributed by atoms with E-state index < -0.39 is 0 Å². The van der Waals surface area contributed by atoms with Gasteiger partial charge >= 0.3 is 0 Å². The van der Waals surface area contributed by atoms with E-state index in [1.165, 1.54) is 12.1 Å². The zero-order valence-corrected chi connectivity index (χ0v) is 13.9. The van der Waals surface area contributed by atoms with Gasteiger partial charge in [0, 0.05) is 17.7 Å². The minimum Gasteiger partial charge on any atom is -0.238 e. The van der Waals surface area contributed by atoms with E-state index in [4.69, 9.17) is 5.26 Å². The minimum absolute atomic E-state index is 0.255. The summed E-state index contributed by atoms with van der Waals surface area (Å²) < 4.78 is 14.9. The summed E-state index contributed by atoms with van der Waals surface area (Å²) in [5.41, 5.74) is 5.31. The van der Waals surface area contributed by atoms with Crippen LogP contribution in [0.25, 0.3) is 5.69 Å². The van der Waals surface area contributed by atoms with Gasteiger partial charge in [-0.3, -0.25) is 0 Å². The molecule has 0 saturated carbocycles. The second kappa shape index (κ2) is 6.59. The van der Waals surface area contributed by atoms with Crippen LogP contribution in [0.3, 0.4) is 0 Å². The maximum atomic E-state index is 13.1. The number of halogens is 1. The van der Waals surface area contributed by atoms with Gasteiger partial charge in [-0.1, -0.05) is 12.1 Å². The van der Waals surface area contributed by atoms with Crippen molar-refractivity contribution in [1.82, 2.24) is 9.78 Å². The van der Waals surface area contributed by atoms with Crippen molar-refractivity contribution in [3.63, 3.8) is 0 Å². The van der Waals surface area contributed by atoms with E-state index >= 15 is 0 Å². The lowest BCUT2D eigenvalue weighted by Crippen LogP contribution is -2.01. The van der Waals surface area contributed by atoms with Crippen LogP contribution in [0.2, 0.25) is 0 Å². The number of benzene rings is 2. The maximum absolute atomic E-state index is 13.1. The molecule has 0 aliphatic carbocycles. The molecule has 0 aliphatic rings. The Labute approximate surface area is 145 Å². The molecule has 3 aromatic rings. The molecule has 4 nitrogen and oxygen atoms in total. The van der Waals surface area contributed by atoms with Crippen molar-refractivity contribution in [3.05, 3.63) is 81.9 Å². The predicted octanol–water partition coefficient (Wildman–Crippen LogP) is 3.96. The zero-order chi connectivity index (χ0) is 18.0. The normalized spacial score (nSPS) is 10.3. The van der Waals surface area contributed by atoms with Crippen LogP contribution in [-0.2, 0) is 6.42 Å². The van der Waals surface area contributed by atoms with Gasteiger partial charge in [0.2, 0.25) is 0 Å². The van der Waals surface area contributed by atoms with Crippen LogP contribution >= 0.6 is 0 Å². The largest absolute Gasteiger partial charge is 0.238 e. The Hall–Kier alpha value is -3.44. The zero-order valence-electron chi connectivity index (χ0n) is 13.9. The Balaban J connectivity index is 2.01. The summed E-state index contributed by atoms with van der Waals surface area (Å²) in [5, 5.41) is 22.8. The standard InChI is InChI=1S/C20H15FN4/c1-13-20(9-15-3-6-18(21)7-4-15)14(2)25(24-13)19-8-5-16(11-22)17(10-19)12-23/h3-8,10H,9H2,1-2H3. The van der Waals surface area contributed by atoms with Gasteiger partial charge in [-0.05, 0) is 49.7 Å². The molecule has 25 heavy (non-hydrogen) atoms. The lowest BCUT2D eigenvalue weighted by Gasteiger charge is -2.07. The van der Waals surface area contributed by atoms with Gasteiger partial charge in [0.25, 0.3) is 0 Å². The molecule has 0 N–H and O–H groups in total. The fourth-order valence-electron chi connectivity index (χ4n) is 2.84. The molecule has 1 heterocycles. The molecule has 5 heteroatoms. The topological polar surface area (TPSA) is 65.4 Å². The maximum Gasteiger partial charge on any atom is 0.123 e. The summed E-state index contributed by atoms with van der Waals surface area (Å²) in [7, 11) is 0. The molecular weight excluding hydrogens is 315 g/mol. The third-order valence-corrected chi connectivity index (χ3v) is 4.22. The molecule has 0 bridgehead atoms. The van der Waals surface area contributed by atoms with Crippen LogP contribution in [-0.4, -0.2) is 9.78 Å². The summed E-state index contributed by atoms with van der Waals surface area (Å²) in [6, 6.07) is 15.6. The second-order valence-electron chi connectivity index (χ2n) is 5.82. The summed E-state index contributed by atoms with van der Waals surface area (Å²) in [6.07, 6.45) is 0.652. The smallest absolute Gasteiger partial charge is 0.123 e. The summed E-state index contributed by atoms with van der Waals surface area (Å²) in [6.45, 7) is 3.89. The Kier molecular flexibility index (Phi) is 4.33. The van der Waals surface area contributed by atoms with Crippen molar-refractivity contribution in [2.45, 2.75) is 20.3 Å². The predicted molar refractivity (Wildman–Crippen MR) is 91.7 cm³/mol. The second-order valence-corrected chi connectivity index (χ2v) is 5.82. The first-order valence-electron chi connectivity index (χ1n) is 7.77. The van der Waals surface area contributed by atoms with E-state index in [0.29, 0.717) is 17.5 Å². The van der Waals surface area contributed by atoms with Gasteiger partial charge in [-0.25, -0.2) is 9.07 Å². The van der Waals surface area contributed by atoms with Crippen LogP contribution in [0.1, 0.15) is 33.6 Å². The number of nitriles is 2. The van der Waals surface area contributed by atoms with E-state index in [-0.39, 0.29) is 5.82 Å². The molecule has 2 aromatic carbocycles. The number of hydrogen-bond donors (Lipinski definition) is 0. The SMILES string of the molecule is Cc1nn(-c2ccc(C#N)c(C#N)c2)c(C)c1Cc1ccc(F)cc1. The van der Waals surface area contributed by atoms with Gasteiger partial charge in [-0.2, -0.15) is 15.6 Å². The Morgan fingerprint density at radius 2 is 1.68 bits per heavy atom. The van der Waals surface area contributed by atoms with Crippen LogP contribution in [0.4, 0.5) is 4.39 Å². The Morgan fingerprint density at radius 3 is 2.32 bits per heavy atom. The molecule has 0 aliphatic heterocycles. The van der Waals surface area contributed by atoms with Crippen LogP contribution in [0.5, 0.6) is 0 Å². The van der Waals surface area contributed by atoms with Gasteiger partial charge in [-0.15, -0.1) is 0 Å². The summed E-state index contributed by atoms with van der Waals surface area (Å²) >= 11 is 0. The lowest BCUT2D eigenvalue weighted by atomic mass is 10.0. The average molecular weight is 330 g/mol. The highest BCUT2D eigenvalue weighted by Gasteiger charge is 2.14. The number of aromatic nitrogens is 2. The van der Waals surface area contributed by atoms with Gasteiger partial charge in [0.15, 0.2) is 0 Å². The van der Waals surface area contributed by atoms with Crippen molar-refractivity contribution >= 4 is 0 Å².